The summed E-state index contributed by atoms with van der Waals surface area (Å²) in [5, 5.41) is 16.3. The molecule has 0 aromatic rings. The van der Waals surface area contributed by atoms with Gasteiger partial charge in [0.25, 0.3) is 0 Å². The molecule has 1 fully saturated rings. The molecular formula is C8H11NO3. The van der Waals surface area contributed by atoms with Gasteiger partial charge in [-0.15, -0.1) is 0 Å². The average molecular weight is 169 g/mol. The SMILES string of the molecule is COC(=O)C(C=N)=C(O)C1CC1. The molecule has 0 aromatic carbocycles. The normalized spacial score (nSPS) is 18.1. The largest absolute Gasteiger partial charge is 0.511 e. The molecule has 1 saturated carbocycles. The number of methoxy groups -OCH3 is 1. The number of aliphatic hydroxyl groups excluding tert-OH is 1. The third-order valence-electron chi connectivity index (χ3n) is 1.79. The summed E-state index contributed by atoms with van der Waals surface area (Å²) in [5.41, 5.74) is -0.0278. The zero-order valence-electron chi connectivity index (χ0n) is 6.83. The van der Waals surface area contributed by atoms with Crippen molar-refractivity contribution in [3.63, 3.8) is 0 Å². The highest BCUT2D eigenvalue weighted by molar-refractivity contribution is 6.09. The van der Waals surface area contributed by atoms with E-state index in [1.165, 1.54) is 7.11 Å². The second-order valence-corrected chi connectivity index (χ2v) is 2.71. The average Bonchev–Trinajstić information content (AvgIpc) is 2.87. The maximum atomic E-state index is 10.9. The van der Waals surface area contributed by atoms with Gasteiger partial charge in [-0.3, -0.25) is 0 Å². The molecule has 0 unspecified atom stereocenters. The Morgan fingerprint density at radius 1 is 1.67 bits per heavy atom. The zero-order valence-corrected chi connectivity index (χ0v) is 6.83. The summed E-state index contributed by atoms with van der Waals surface area (Å²) in [6.07, 6.45) is 2.61. The van der Waals surface area contributed by atoms with E-state index in [2.05, 4.69) is 4.74 Å². The molecule has 0 aliphatic heterocycles. The van der Waals surface area contributed by atoms with Crippen molar-refractivity contribution in [1.82, 2.24) is 0 Å². The highest BCUT2D eigenvalue weighted by Crippen LogP contribution is 2.36. The molecule has 66 valence electrons. The van der Waals surface area contributed by atoms with Crippen molar-refractivity contribution in [3.8, 4) is 0 Å². The van der Waals surface area contributed by atoms with E-state index in [0.717, 1.165) is 19.1 Å². The Hall–Kier alpha value is -1.32. The van der Waals surface area contributed by atoms with Crippen molar-refractivity contribution in [2.75, 3.05) is 7.11 Å². The van der Waals surface area contributed by atoms with Crippen LogP contribution >= 0.6 is 0 Å². The van der Waals surface area contributed by atoms with Crippen molar-refractivity contribution < 1.29 is 14.6 Å². The van der Waals surface area contributed by atoms with E-state index in [9.17, 15) is 9.90 Å². The molecule has 4 nitrogen and oxygen atoms in total. The lowest BCUT2D eigenvalue weighted by molar-refractivity contribution is -0.135. The second kappa shape index (κ2) is 3.38. The van der Waals surface area contributed by atoms with E-state index in [1.54, 1.807) is 0 Å². The van der Waals surface area contributed by atoms with Crippen LogP contribution in [0.1, 0.15) is 12.8 Å². The van der Waals surface area contributed by atoms with Crippen molar-refractivity contribution in [1.29, 1.82) is 5.41 Å². The van der Waals surface area contributed by atoms with Gasteiger partial charge in [0.05, 0.1) is 7.11 Å². The molecule has 0 spiro atoms. The molecule has 12 heavy (non-hydrogen) atoms. The minimum absolute atomic E-state index is 0.00292. The number of esters is 1. The molecule has 2 N–H and O–H groups in total. The van der Waals surface area contributed by atoms with E-state index in [-0.39, 0.29) is 17.3 Å². The van der Waals surface area contributed by atoms with Gasteiger partial charge in [0.2, 0.25) is 0 Å². The maximum Gasteiger partial charge on any atom is 0.342 e. The van der Waals surface area contributed by atoms with Crippen LogP contribution in [0.2, 0.25) is 0 Å². The molecule has 4 heteroatoms. The molecule has 0 saturated heterocycles. The van der Waals surface area contributed by atoms with Gasteiger partial charge in [0, 0.05) is 12.1 Å². The van der Waals surface area contributed by atoms with Crippen LogP contribution in [0.4, 0.5) is 0 Å². The molecular weight excluding hydrogens is 158 g/mol. The van der Waals surface area contributed by atoms with Crippen LogP contribution in [-0.2, 0) is 9.53 Å². The van der Waals surface area contributed by atoms with Crippen LogP contribution < -0.4 is 0 Å². The highest BCUT2D eigenvalue weighted by Gasteiger charge is 2.30. The first-order chi connectivity index (χ1) is 5.70. The van der Waals surface area contributed by atoms with E-state index in [0.29, 0.717) is 0 Å². The first-order valence-electron chi connectivity index (χ1n) is 3.72. The van der Waals surface area contributed by atoms with Crippen molar-refractivity contribution >= 4 is 12.2 Å². The van der Waals surface area contributed by atoms with Gasteiger partial charge < -0.3 is 15.3 Å². The predicted octanol–water partition coefficient (Wildman–Crippen LogP) is 1.03. The number of rotatable bonds is 3. The van der Waals surface area contributed by atoms with Crippen LogP contribution in [0.3, 0.4) is 0 Å². The summed E-state index contributed by atoms with van der Waals surface area (Å²) in [6.45, 7) is 0. The lowest BCUT2D eigenvalue weighted by Gasteiger charge is -2.01. The smallest absolute Gasteiger partial charge is 0.342 e. The number of nitrogens with one attached hydrogen (secondary N) is 1. The van der Waals surface area contributed by atoms with E-state index < -0.39 is 5.97 Å². The van der Waals surface area contributed by atoms with Gasteiger partial charge in [0.15, 0.2) is 0 Å². The van der Waals surface area contributed by atoms with Crippen molar-refractivity contribution in [3.05, 3.63) is 11.3 Å². The molecule has 1 rings (SSSR count). The second-order valence-electron chi connectivity index (χ2n) is 2.71. The number of aliphatic hydroxyl groups is 1. The number of hydrogen-bond donors (Lipinski definition) is 2. The van der Waals surface area contributed by atoms with E-state index >= 15 is 0 Å². The van der Waals surface area contributed by atoms with Crippen molar-refractivity contribution in [2.45, 2.75) is 12.8 Å². The fraction of sp³-hybridized carbons (Fsp3) is 0.500. The van der Waals surface area contributed by atoms with E-state index in [4.69, 9.17) is 5.41 Å². The topological polar surface area (TPSA) is 70.4 Å². The third kappa shape index (κ3) is 1.64. The minimum Gasteiger partial charge on any atom is -0.511 e. The lowest BCUT2D eigenvalue weighted by Crippen LogP contribution is -2.09. The van der Waals surface area contributed by atoms with Gasteiger partial charge >= 0.3 is 5.97 Å². The Balaban J connectivity index is 2.83. The summed E-state index contributed by atoms with van der Waals surface area (Å²) in [5.74, 6) is -0.577. The molecule has 0 atom stereocenters. The zero-order chi connectivity index (χ0) is 9.14. The Kier molecular flexibility index (Phi) is 2.47. The van der Waals surface area contributed by atoms with Crippen LogP contribution in [0.5, 0.6) is 0 Å². The van der Waals surface area contributed by atoms with Crippen LogP contribution in [0, 0.1) is 11.3 Å². The first kappa shape index (κ1) is 8.77. The predicted molar refractivity (Wildman–Crippen MR) is 43.2 cm³/mol. The highest BCUT2D eigenvalue weighted by atomic mass is 16.5. The van der Waals surface area contributed by atoms with Gasteiger partial charge in [-0.2, -0.15) is 0 Å². The Morgan fingerprint density at radius 2 is 2.25 bits per heavy atom. The lowest BCUT2D eigenvalue weighted by atomic mass is 10.2. The third-order valence-corrected chi connectivity index (χ3v) is 1.79. The summed E-state index contributed by atoms with van der Waals surface area (Å²) in [4.78, 5) is 10.9. The summed E-state index contributed by atoms with van der Waals surface area (Å²) in [6, 6.07) is 0. The monoisotopic (exact) mass is 169 g/mol. The number of ether oxygens (including phenoxy) is 1. The maximum absolute atomic E-state index is 10.9. The molecule has 1 aliphatic rings. The standard InChI is InChI=1S/C8H11NO3/c1-12-8(11)6(4-9)7(10)5-2-3-5/h4-5,9-10H,2-3H2,1H3. The Bertz CT molecular complexity index is 241. The Morgan fingerprint density at radius 3 is 2.58 bits per heavy atom. The number of carbonyl (C=O) groups excluding carboxylic acids is 1. The van der Waals surface area contributed by atoms with Gasteiger partial charge in [-0.25, -0.2) is 4.79 Å². The van der Waals surface area contributed by atoms with Crippen LogP contribution in [0.15, 0.2) is 11.3 Å². The first-order valence-corrected chi connectivity index (χ1v) is 3.72. The summed E-state index contributed by atoms with van der Waals surface area (Å²) in [7, 11) is 1.23. The molecule has 0 bridgehead atoms. The number of allylic oxidation sites excluding steroid dienone is 1. The van der Waals surface area contributed by atoms with E-state index in [1.807, 2.05) is 0 Å². The molecule has 0 amide bonds. The minimum atomic E-state index is -0.644. The fourth-order valence-corrected chi connectivity index (χ4v) is 0.924. The molecule has 0 heterocycles. The molecule has 0 aromatic heterocycles. The van der Waals surface area contributed by atoms with Gasteiger partial charge in [0.1, 0.15) is 11.3 Å². The van der Waals surface area contributed by atoms with Gasteiger partial charge in [-0.05, 0) is 12.8 Å². The Labute approximate surface area is 70.4 Å². The number of hydrogen-bond acceptors (Lipinski definition) is 4. The van der Waals surface area contributed by atoms with Gasteiger partial charge in [-0.1, -0.05) is 0 Å². The molecule has 0 radical (unpaired) electrons. The summed E-state index contributed by atoms with van der Waals surface area (Å²) < 4.78 is 4.39. The summed E-state index contributed by atoms with van der Waals surface area (Å²) >= 11 is 0. The fourth-order valence-electron chi connectivity index (χ4n) is 0.924. The number of carbonyl (C=O) groups is 1. The van der Waals surface area contributed by atoms with Crippen LogP contribution in [0.25, 0.3) is 0 Å². The van der Waals surface area contributed by atoms with Crippen LogP contribution in [-0.4, -0.2) is 24.4 Å². The van der Waals surface area contributed by atoms with Crippen molar-refractivity contribution in [2.24, 2.45) is 5.92 Å². The molecule has 1 aliphatic carbocycles. The quantitative estimate of drug-likeness (QED) is 0.287.